The number of hydrogen-bond acceptors (Lipinski definition) is 2. The van der Waals surface area contributed by atoms with Crippen LogP contribution in [0.5, 0.6) is 0 Å². The minimum atomic E-state index is -0.765. The first kappa shape index (κ1) is 9.26. The maximum absolute atomic E-state index is 10.8. The molecule has 1 rings (SSSR count). The van der Waals surface area contributed by atoms with Gasteiger partial charge in [-0.2, -0.15) is 0 Å². The summed E-state index contributed by atoms with van der Waals surface area (Å²) in [5.41, 5.74) is -0.0768. The smallest absolute Gasteiger partial charge is 0.324 e. The standard InChI is InChI=1S/C9H15NO2/c1-9(2,3)10-6-4-5-7(10)8(11)12/h4-5,7H,6H2,1-3H3,(H,11,12)/t7-/m0/s1. The maximum atomic E-state index is 10.8. The fraction of sp³-hybridized carbons (Fsp3) is 0.667. The Balaban J connectivity index is 2.75. The second-order valence-corrected chi connectivity index (χ2v) is 4.03. The second-order valence-electron chi connectivity index (χ2n) is 4.03. The Kier molecular flexibility index (Phi) is 2.24. The van der Waals surface area contributed by atoms with Gasteiger partial charge in [0.25, 0.3) is 0 Å². The molecule has 0 saturated heterocycles. The van der Waals surface area contributed by atoms with Crippen LogP contribution in [-0.2, 0) is 4.79 Å². The van der Waals surface area contributed by atoms with E-state index < -0.39 is 12.0 Å². The molecule has 0 aromatic heterocycles. The summed E-state index contributed by atoms with van der Waals surface area (Å²) in [5.74, 6) is -0.765. The van der Waals surface area contributed by atoms with Gasteiger partial charge in [-0.15, -0.1) is 0 Å². The number of carbonyl (C=O) groups is 1. The molecule has 0 aromatic rings. The van der Waals surface area contributed by atoms with Gasteiger partial charge in [0.1, 0.15) is 6.04 Å². The van der Waals surface area contributed by atoms with Crippen LogP contribution in [0.4, 0.5) is 0 Å². The zero-order valence-electron chi connectivity index (χ0n) is 7.74. The molecule has 68 valence electrons. The average molecular weight is 169 g/mol. The number of aliphatic carboxylic acids is 1. The van der Waals surface area contributed by atoms with Crippen LogP contribution >= 0.6 is 0 Å². The number of carboxylic acid groups (broad SMARTS) is 1. The van der Waals surface area contributed by atoms with Crippen LogP contribution in [0, 0.1) is 0 Å². The van der Waals surface area contributed by atoms with Crippen molar-refractivity contribution < 1.29 is 9.90 Å². The van der Waals surface area contributed by atoms with Gasteiger partial charge in [0.2, 0.25) is 0 Å². The molecule has 1 atom stereocenters. The van der Waals surface area contributed by atoms with E-state index in [-0.39, 0.29) is 5.54 Å². The highest BCUT2D eigenvalue weighted by molar-refractivity contribution is 5.76. The van der Waals surface area contributed by atoms with Crippen LogP contribution in [0.2, 0.25) is 0 Å². The predicted molar refractivity (Wildman–Crippen MR) is 47.0 cm³/mol. The zero-order valence-corrected chi connectivity index (χ0v) is 7.74. The van der Waals surface area contributed by atoms with Crippen LogP contribution < -0.4 is 0 Å². The average Bonchev–Trinajstić information content (AvgIpc) is 2.30. The normalized spacial score (nSPS) is 24.8. The number of carboxylic acids is 1. The molecule has 3 heteroatoms. The van der Waals surface area contributed by atoms with Gasteiger partial charge in [-0.05, 0) is 20.8 Å². The SMILES string of the molecule is CC(C)(C)N1CC=C[C@H]1C(=O)O. The molecule has 0 aromatic carbocycles. The lowest BCUT2D eigenvalue weighted by molar-refractivity contribution is -0.142. The van der Waals surface area contributed by atoms with Crippen LogP contribution in [0.1, 0.15) is 20.8 Å². The van der Waals surface area contributed by atoms with E-state index in [4.69, 9.17) is 5.11 Å². The molecule has 3 nitrogen and oxygen atoms in total. The molecule has 1 aliphatic heterocycles. The first-order valence-electron chi connectivity index (χ1n) is 4.09. The fourth-order valence-electron chi connectivity index (χ4n) is 1.43. The third kappa shape index (κ3) is 1.67. The lowest BCUT2D eigenvalue weighted by Gasteiger charge is -2.34. The minimum absolute atomic E-state index is 0.0768. The van der Waals surface area contributed by atoms with Crippen molar-refractivity contribution in [3.63, 3.8) is 0 Å². The molecule has 0 spiro atoms. The number of nitrogens with zero attached hydrogens (tertiary/aromatic N) is 1. The molecule has 1 aliphatic rings. The third-order valence-corrected chi connectivity index (χ3v) is 2.07. The molecule has 1 heterocycles. The first-order valence-corrected chi connectivity index (χ1v) is 4.09. The van der Waals surface area contributed by atoms with Crippen molar-refractivity contribution in [3.05, 3.63) is 12.2 Å². The molecule has 0 radical (unpaired) electrons. The van der Waals surface area contributed by atoms with E-state index in [1.807, 2.05) is 31.7 Å². The number of rotatable bonds is 1. The molecule has 0 bridgehead atoms. The monoisotopic (exact) mass is 169 g/mol. The van der Waals surface area contributed by atoms with Gasteiger partial charge < -0.3 is 5.11 Å². The van der Waals surface area contributed by atoms with E-state index in [0.717, 1.165) is 6.54 Å². The Morgan fingerprint density at radius 2 is 2.17 bits per heavy atom. The Labute approximate surface area is 72.7 Å². The third-order valence-electron chi connectivity index (χ3n) is 2.07. The van der Waals surface area contributed by atoms with Crippen molar-refractivity contribution >= 4 is 5.97 Å². The van der Waals surface area contributed by atoms with Gasteiger partial charge in [0.15, 0.2) is 0 Å². The zero-order chi connectivity index (χ0) is 9.35. The summed E-state index contributed by atoms with van der Waals surface area (Å²) in [6.45, 7) is 6.81. The molecule has 12 heavy (non-hydrogen) atoms. The quantitative estimate of drug-likeness (QED) is 0.598. The van der Waals surface area contributed by atoms with Crippen molar-refractivity contribution in [2.24, 2.45) is 0 Å². The van der Waals surface area contributed by atoms with E-state index in [1.54, 1.807) is 6.08 Å². The highest BCUT2D eigenvalue weighted by Crippen LogP contribution is 2.21. The minimum Gasteiger partial charge on any atom is -0.480 e. The van der Waals surface area contributed by atoms with Crippen molar-refractivity contribution in [2.45, 2.75) is 32.4 Å². The van der Waals surface area contributed by atoms with E-state index in [9.17, 15) is 4.79 Å². The lowest BCUT2D eigenvalue weighted by atomic mass is 10.0. The summed E-state index contributed by atoms with van der Waals surface area (Å²) in [6, 6.07) is -0.440. The topological polar surface area (TPSA) is 40.5 Å². The van der Waals surface area contributed by atoms with Crippen molar-refractivity contribution in [1.29, 1.82) is 0 Å². The molecule has 0 aliphatic carbocycles. The highest BCUT2D eigenvalue weighted by atomic mass is 16.4. The summed E-state index contributed by atoms with van der Waals surface area (Å²) in [4.78, 5) is 12.7. The largest absolute Gasteiger partial charge is 0.480 e. The van der Waals surface area contributed by atoms with E-state index in [2.05, 4.69) is 0 Å². The van der Waals surface area contributed by atoms with Gasteiger partial charge in [-0.25, -0.2) is 0 Å². The molecule has 0 unspecified atom stereocenters. The van der Waals surface area contributed by atoms with Gasteiger partial charge in [-0.1, -0.05) is 12.2 Å². The molecular formula is C9H15NO2. The molecule has 0 saturated carbocycles. The van der Waals surface area contributed by atoms with E-state index in [1.165, 1.54) is 0 Å². The molecule has 1 N–H and O–H groups in total. The Morgan fingerprint density at radius 1 is 1.58 bits per heavy atom. The van der Waals surface area contributed by atoms with Crippen LogP contribution in [0.15, 0.2) is 12.2 Å². The predicted octanol–water partition coefficient (Wildman–Crippen LogP) is 1.11. The Bertz CT molecular complexity index is 215. The van der Waals surface area contributed by atoms with Gasteiger partial charge in [-0.3, -0.25) is 9.69 Å². The lowest BCUT2D eigenvalue weighted by Crippen LogP contribution is -2.48. The summed E-state index contributed by atoms with van der Waals surface area (Å²) >= 11 is 0. The van der Waals surface area contributed by atoms with Crippen LogP contribution in [0.3, 0.4) is 0 Å². The first-order chi connectivity index (χ1) is 5.43. The van der Waals surface area contributed by atoms with Gasteiger partial charge in [0, 0.05) is 12.1 Å². The maximum Gasteiger partial charge on any atom is 0.324 e. The Hall–Kier alpha value is -0.830. The van der Waals surface area contributed by atoms with Crippen LogP contribution in [-0.4, -0.2) is 34.1 Å². The molecule has 0 fully saturated rings. The van der Waals surface area contributed by atoms with Crippen LogP contribution in [0.25, 0.3) is 0 Å². The summed E-state index contributed by atoms with van der Waals surface area (Å²) < 4.78 is 0. The fourth-order valence-corrected chi connectivity index (χ4v) is 1.43. The van der Waals surface area contributed by atoms with E-state index in [0.29, 0.717) is 0 Å². The van der Waals surface area contributed by atoms with Crippen molar-refractivity contribution in [2.75, 3.05) is 6.54 Å². The summed E-state index contributed by atoms with van der Waals surface area (Å²) in [6.07, 6.45) is 3.65. The van der Waals surface area contributed by atoms with Gasteiger partial charge in [0.05, 0.1) is 0 Å². The number of hydrogen-bond donors (Lipinski definition) is 1. The molecular weight excluding hydrogens is 154 g/mol. The van der Waals surface area contributed by atoms with Crippen molar-refractivity contribution in [1.82, 2.24) is 4.90 Å². The highest BCUT2D eigenvalue weighted by Gasteiger charge is 2.33. The van der Waals surface area contributed by atoms with Gasteiger partial charge >= 0.3 is 5.97 Å². The summed E-state index contributed by atoms with van der Waals surface area (Å²) in [5, 5.41) is 8.85. The van der Waals surface area contributed by atoms with E-state index >= 15 is 0 Å². The second kappa shape index (κ2) is 2.90. The van der Waals surface area contributed by atoms with Crippen molar-refractivity contribution in [3.8, 4) is 0 Å². The molecule has 0 amide bonds. The Morgan fingerprint density at radius 3 is 2.50 bits per heavy atom. The summed E-state index contributed by atoms with van der Waals surface area (Å²) in [7, 11) is 0.